The maximum atomic E-state index is 11.1. The van der Waals surface area contributed by atoms with Gasteiger partial charge in [-0.3, -0.25) is 4.79 Å². The fourth-order valence-electron chi connectivity index (χ4n) is 1.73. The highest BCUT2D eigenvalue weighted by Crippen LogP contribution is 2.15. The van der Waals surface area contributed by atoms with E-state index in [0.717, 1.165) is 43.4 Å². The van der Waals surface area contributed by atoms with Crippen LogP contribution in [0.25, 0.3) is 0 Å². The van der Waals surface area contributed by atoms with Gasteiger partial charge in [0, 0.05) is 11.9 Å². The average Bonchev–Trinajstić information content (AvgIpc) is 2.86. The molecule has 0 bridgehead atoms. The summed E-state index contributed by atoms with van der Waals surface area (Å²) in [5.41, 5.74) is 0.767. The zero-order valence-corrected chi connectivity index (χ0v) is 12.8. The van der Waals surface area contributed by atoms with Gasteiger partial charge in [-0.2, -0.15) is 0 Å². The van der Waals surface area contributed by atoms with Crippen LogP contribution in [-0.2, 0) is 16.0 Å². The molecule has 0 saturated heterocycles. The van der Waals surface area contributed by atoms with Gasteiger partial charge in [0.15, 0.2) is 5.13 Å². The van der Waals surface area contributed by atoms with Crippen LogP contribution in [0.4, 0.5) is 5.13 Å². The Kier molecular flexibility index (Phi) is 7.43. The van der Waals surface area contributed by atoms with Gasteiger partial charge in [-0.25, -0.2) is 4.98 Å². The van der Waals surface area contributed by atoms with Gasteiger partial charge in [-0.05, 0) is 26.1 Å². The van der Waals surface area contributed by atoms with E-state index in [-0.39, 0.29) is 12.4 Å². The van der Waals surface area contributed by atoms with E-state index in [0.29, 0.717) is 0 Å². The average molecular weight is 285 g/mol. The number of thiazole rings is 1. The molecule has 0 aromatic carbocycles. The van der Waals surface area contributed by atoms with Crippen LogP contribution in [0.3, 0.4) is 0 Å². The van der Waals surface area contributed by atoms with Crippen molar-refractivity contribution < 1.29 is 9.53 Å². The number of carbonyl (C=O) groups is 1. The lowest BCUT2D eigenvalue weighted by atomic mass is 10.3. The molecule has 108 valence electrons. The molecule has 0 aliphatic carbocycles. The molecule has 0 fully saturated rings. The van der Waals surface area contributed by atoms with E-state index >= 15 is 0 Å². The van der Waals surface area contributed by atoms with Crippen molar-refractivity contribution in [2.75, 3.05) is 38.6 Å². The molecule has 5 nitrogen and oxygen atoms in total. The molecule has 0 aliphatic heterocycles. The zero-order valence-electron chi connectivity index (χ0n) is 11.9. The molecule has 0 aliphatic rings. The fourth-order valence-corrected chi connectivity index (χ4v) is 2.47. The summed E-state index contributed by atoms with van der Waals surface area (Å²) >= 11 is 1.53. The van der Waals surface area contributed by atoms with Crippen molar-refractivity contribution in [2.24, 2.45) is 0 Å². The van der Waals surface area contributed by atoms with Gasteiger partial charge in [0.2, 0.25) is 0 Å². The lowest BCUT2D eigenvalue weighted by Gasteiger charge is -2.17. The summed E-state index contributed by atoms with van der Waals surface area (Å²) in [4.78, 5) is 17.9. The third kappa shape index (κ3) is 6.02. The van der Waals surface area contributed by atoms with Gasteiger partial charge < -0.3 is 15.0 Å². The fraction of sp³-hybridized carbons (Fsp3) is 0.692. The van der Waals surface area contributed by atoms with Gasteiger partial charge in [-0.15, -0.1) is 11.3 Å². The topological polar surface area (TPSA) is 54.5 Å². The lowest BCUT2D eigenvalue weighted by molar-refractivity contribution is -0.139. The van der Waals surface area contributed by atoms with Gasteiger partial charge in [0.25, 0.3) is 0 Å². The van der Waals surface area contributed by atoms with Crippen molar-refractivity contribution in [2.45, 2.75) is 26.7 Å². The smallest absolute Gasteiger partial charge is 0.311 e. The van der Waals surface area contributed by atoms with Crippen LogP contribution >= 0.6 is 11.3 Å². The number of ether oxygens (including phenoxy) is 1. The summed E-state index contributed by atoms with van der Waals surface area (Å²) in [6.07, 6.45) is 1.34. The number of esters is 1. The Balaban J connectivity index is 2.25. The molecule has 1 aromatic heterocycles. The highest BCUT2D eigenvalue weighted by Gasteiger charge is 2.07. The number of anilines is 1. The highest BCUT2D eigenvalue weighted by molar-refractivity contribution is 7.13. The lowest BCUT2D eigenvalue weighted by Crippen LogP contribution is -2.25. The Morgan fingerprint density at radius 2 is 2.21 bits per heavy atom. The van der Waals surface area contributed by atoms with Crippen molar-refractivity contribution in [1.29, 1.82) is 0 Å². The quantitative estimate of drug-likeness (QED) is 0.555. The molecule has 6 heteroatoms. The minimum atomic E-state index is -0.251. The van der Waals surface area contributed by atoms with Crippen LogP contribution in [0, 0.1) is 0 Å². The number of carbonyl (C=O) groups excluding carboxylic acids is 1. The summed E-state index contributed by atoms with van der Waals surface area (Å²) in [7, 11) is 1.39. The number of methoxy groups -OCH3 is 1. The number of hydrogen-bond donors (Lipinski definition) is 1. The van der Waals surface area contributed by atoms with Crippen molar-refractivity contribution in [3.8, 4) is 0 Å². The molecule has 1 heterocycles. The van der Waals surface area contributed by atoms with E-state index in [2.05, 4.69) is 33.8 Å². The second kappa shape index (κ2) is 8.87. The first kappa shape index (κ1) is 15.9. The maximum Gasteiger partial charge on any atom is 0.311 e. The van der Waals surface area contributed by atoms with E-state index in [9.17, 15) is 4.79 Å². The summed E-state index contributed by atoms with van der Waals surface area (Å²) < 4.78 is 4.61. The predicted molar refractivity (Wildman–Crippen MR) is 78.7 cm³/mol. The second-order valence-electron chi connectivity index (χ2n) is 4.20. The largest absolute Gasteiger partial charge is 0.469 e. The number of nitrogens with one attached hydrogen (secondary N) is 1. The Labute approximate surface area is 119 Å². The molecular weight excluding hydrogens is 262 g/mol. The summed E-state index contributed by atoms with van der Waals surface area (Å²) in [5.74, 6) is -0.251. The number of rotatable bonds is 9. The maximum absolute atomic E-state index is 11.1. The third-order valence-corrected chi connectivity index (χ3v) is 3.78. The van der Waals surface area contributed by atoms with Crippen molar-refractivity contribution in [3.63, 3.8) is 0 Å². The number of hydrogen-bond acceptors (Lipinski definition) is 6. The first-order valence-electron chi connectivity index (χ1n) is 6.67. The van der Waals surface area contributed by atoms with Gasteiger partial charge >= 0.3 is 5.97 Å². The zero-order chi connectivity index (χ0) is 14.1. The summed E-state index contributed by atoms with van der Waals surface area (Å²) in [6, 6.07) is 0. The third-order valence-electron chi connectivity index (χ3n) is 2.93. The molecule has 0 amide bonds. The molecule has 19 heavy (non-hydrogen) atoms. The number of nitrogens with zero attached hydrogens (tertiary/aromatic N) is 2. The first-order chi connectivity index (χ1) is 9.19. The molecular formula is C13H23N3O2S. The highest BCUT2D eigenvalue weighted by atomic mass is 32.1. The molecule has 1 rings (SSSR count). The Hall–Kier alpha value is -1.14. The van der Waals surface area contributed by atoms with Crippen LogP contribution < -0.4 is 5.32 Å². The molecule has 0 saturated carbocycles. The predicted octanol–water partition coefficient (Wildman–Crippen LogP) is 2.00. The summed E-state index contributed by atoms with van der Waals surface area (Å²) in [5, 5.41) is 6.05. The van der Waals surface area contributed by atoms with E-state index in [1.54, 1.807) is 0 Å². The van der Waals surface area contributed by atoms with Crippen molar-refractivity contribution >= 4 is 22.4 Å². The van der Waals surface area contributed by atoms with Crippen molar-refractivity contribution in [3.05, 3.63) is 11.1 Å². The van der Waals surface area contributed by atoms with E-state index in [1.165, 1.54) is 18.4 Å². The number of aromatic nitrogens is 1. The van der Waals surface area contributed by atoms with Gasteiger partial charge in [-0.1, -0.05) is 13.8 Å². The van der Waals surface area contributed by atoms with Crippen LogP contribution in [0.15, 0.2) is 5.38 Å². The summed E-state index contributed by atoms with van der Waals surface area (Å²) in [6.45, 7) is 8.55. The van der Waals surface area contributed by atoms with Crippen LogP contribution in [0.2, 0.25) is 0 Å². The van der Waals surface area contributed by atoms with Crippen LogP contribution in [0.5, 0.6) is 0 Å². The van der Waals surface area contributed by atoms with Crippen LogP contribution in [0.1, 0.15) is 26.0 Å². The van der Waals surface area contributed by atoms with Gasteiger partial charge in [0.05, 0.1) is 19.2 Å². The minimum Gasteiger partial charge on any atom is -0.469 e. The minimum absolute atomic E-state index is 0.244. The standard InChI is InChI=1S/C13H23N3O2S/c1-4-16(5-2)8-6-7-14-13-15-11(10-19-13)9-12(17)18-3/h10H,4-9H2,1-3H3,(H,14,15). The Morgan fingerprint density at radius 1 is 1.47 bits per heavy atom. The molecule has 0 spiro atoms. The Morgan fingerprint density at radius 3 is 2.84 bits per heavy atom. The molecule has 0 radical (unpaired) electrons. The van der Waals surface area contributed by atoms with Gasteiger partial charge in [0.1, 0.15) is 0 Å². The van der Waals surface area contributed by atoms with Crippen molar-refractivity contribution in [1.82, 2.24) is 9.88 Å². The molecule has 1 N–H and O–H groups in total. The monoisotopic (exact) mass is 285 g/mol. The molecule has 0 unspecified atom stereocenters. The SMILES string of the molecule is CCN(CC)CCCNc1nc(CC(=O)OC)cs1. The second-order valence-corrected chi connectivity index (χ2v) is 5.06. The first-order valence-corrected chi connectivity index (χ1v) is 7.55. The van der Waals surface area contributed by atoms with E-state index < -0.39 is 0 Å². The molecule has 0 atom stereocenters. The van der Waals surface area contributed by atoms with E-state index in [1.807, 2.05) is 5.38 Å². The molecule has 1 aromatic rings. The Bertz CT molecular complexity index is 378. The normalized spacial score (nSPS) is 10.7. The van der Waals surface area contributed by atoms with Crippen LogP contribution in [-0.4, -0.2) is 49.1 Å². The van der Waals surface area contributed by atoms with E-state index in [4.69, 9.17) is 0 Å².